The molecule has 60 valence electrons. The van der Waals surface area contributed by atoms with Crippen LogP contribution in [0, 0.1) is 0 Å². The van der Waals surface area contributed by atoms with Gasteiger partial charge in [0.15, 0.2) is 0 Å². The van der Waals surface area contributed by atoms with Crippen molar-refractivity contribution in [3.8, 4) is 0 Å². The van der Waals surface area contributed by atoms with E-state index in [-0.39, 0.29) is 0 Å². The molecule has 0 aliphatic heterocycles. The van der Waals surface area contributed by atoms with Gasteiger partial charge in [-0.15, -0.1) is 0 Å². The standard InChI is InChI=1S/C6H7N.CH2O3/c7-6-4-2-1-3-5-6;2-1(3)4/h1-5H,7H2;(H2,2,3,4). The van der Waals surface area contributed by atoms with E-state index in [2.05, 4.69) is 0 Å². The van der Waals surface area contributed by atoms with Gasteiger partial charge in [0, 0.05) is 5.69 Å². The molecule has 0 fully saturated rings. The third-order valence-electron chi connectivity index (χ3n) is 0.800. The van der Waals surface area contributed by atoms with Crippen LogP contribution in [0.15, 0.2) is 30.3 Å². The molecule has 4 N–H and O–H groups in total. The minimum atomic E-state index is -1.83. The van der Waals surface area contributed by atoms with Gasteiger partial charge in [0.25, 0.3) is 0 Å². The first-order valence-corrected chi connectivity index (χ1v) is 2.85. The summed E-state index contributed by atoms with van der Waals surface area (Å²) in [5.41, 5.74) is 6.18. The Labute approximate surface area is 63.9 Å². The molecule has 0 aliphatic rings. The van der Waals surface area contributed by atoms with Gasteiger partial charge >= 0.3 is 6.16 Å². The molecule has 1 aromatic carbocycles. The number of hydrogen-bond donors (Lipinski definition) is 3. The maximum atomic E-state index is 8.56. The van der Waals surface area contributed by atoms with Crippen LogP contribution in [0.2, 0.25) is 0 Å². The average molecular weight is 155 g/mol. The lowest BCUT2D eigenvalue weighted by molar-refractivity contribution is 0.137. The van der Waals surface area contributed by atoms with E-state index in [1.54, 1.807) is 0 Å². The maximum absolute atomic E-state index is 8.56. The van der Waals surface area contributed by atoms with Gasteiger partial charge < -0.3 is 15.9 Å². The molecule has 0 amide bonds. The van der Waals surface area contributed by atoms with E-state index in [0.717, 1.165) is 5.69 Å². The quantitative estimate of drug-likeness (QED) is 0.495. The molecule has 11 heavy (non-hydrogen) atoms. The maximum Gasteiger partial charge on any atom is 0.503 e. The first kappa shape index (κ1) is 9.29. The Morgan fingerprint density at radius 2 is 1.55 bits per heavy atom. The summed E-state index contributed by atoms with van der Waals surface area (Å²) < 4.78 is 0. The molecule has 0 saturated carbocycles. The van der Waals surface area contributed by atoms with E-state index >= 15 is 0 Å². The number of anilines is 1. The van der Waals surface area contributed by atoms with E-state index < -0.39 is 6.16 Å². The molecule has 1 aromatic rings. The first-order chi connectivity index (χ1) is 5.13. The van der Waals surface area contributed by atoms with Crippen LogP contribution in [0.25, 0.3) is 0 Å². The lowest BCUT2D eigenvalue weighted by Crippen LogP contribution is -1.81. The number of benzene rings is 1. The monoisotopic (exact) mass is 155 g/mol. The molecule has 0 aliphatic carbocycles. The lowest BCUT2D eigenvalue weighted by Gasteiger charge is -1.83. The Kier molecular flexibility index (Phi) is 4.31. The molecule has 0 atom stereocenters. The summed E-state index contributed by atoms with van der Waals surface area (Å²) >= 11 is 0. The van der Waals surface area contributed by atoms with Crippen molar-refractivity contribution in [3.63, 3.8) is 0 Å². The van der Waals surface area contributed by atoms with Crippen LogP contribution in [-0.4, -0.2) is 16.4 Å². The smallest absolute Gasteiger partial charge is 0.450 e. The van der Waals surface area contributed by atoms with Gasteiger partial charge in [-0.1, -0.05) is 18.2 Å². The highest BCUT2D eigenvalue weighted by Crippen LogP contribution is 1.95. The minimum absolute atomic E-state index is 0.822. The van der Waals surface area contributed by atoms with Gasteiger partial charge in [-0.2, -0.15) is 0 Å². The predicted octanol–water partition coefficient (Wildman–Crippen LogP) is 1.49. The van der Waals surface area contributed by atoms with Crippen molar-refractivity contribution in [1.82, 2.24) is 0 Å². The van der Waals surface area contributed by atoms with Crippen LogP contribution in [0.5, 0.6) is 0 Å². The van der Waals surface area contributed by atoms with Crippen LogP contribution in [-0.2, 0) is 0 Å². The SMILES string of the molecule is Nc1ccccc1.O=C(O)O. The Hall–Kier alpha value is -1.71. The van der Waals surface area contributed by atoms with E-state index in [4.69, 9.17) is 20.7 Å². The van der Waals surface area contributed by atoms with Crippen molar-refractivity contribution in [3.05, 3.63) is 30.3 Å². The second-order valence-electron chi connectivity index (χ2n) is 1.69. The largest absolute Gasteiger partial charge is 0.503 e. The number of carbonyl (C=O) groups is 1. The summed E-state index contributed by atoms with van der Waals surface area (Å²) in [4.78, 5) is 8.56. The van der Waals surface area contributed by atoms with Crippen molar-refractivity contribution in [2.75, 3.05) is 5.73 Å². The zero-order chi connectivity index (χ0) is 8.69. The molecule has 1 rings (SSSR count). The fourth-order valence-corrected chi connectivity index (χ4v) is 0.453. The molecular formula is C7H9NO3. The van der Waals surface area contributed by atoms with Crippen molar-refractivity contribution >= 4 is 11.8 Å². The second-order valence-corrected chi connectivity index (χ2v) is 1.69. The van der Waals surface area contributed by atoms with Crippen LogP contribution in [0.3, 0.4) is 0 Å². The summed E-state index contributed by atoms with van der Waals surface area (Å²) in [5, 5.41) is 13.9. The van der Waals surface area contributed by atoms with Crippen LogP contribution >= 0.6 is 0 Å². The summed E-state index contributed by atoms with van der Waals surface area (Å²) in [6.07, 6.45) is -1.83. The van der Waals surface area contributed by atoms with Crippen molar-refractivity contribution in [1.29, 1.82) is 0 Å². The molecule has 0 radical (unpaired) electrons. The molecule has 4 nitrogen and oxygen atoms in total. The fraction of sp³-hybridized carbons (Fsp3) is 0. The Morgan fingerprint density at radius 3 is 1.73 bits per heavy atom. The van der Waals surface area contributed by atoms with Gasteiger partial charge in [0.05, 0.1) is 0 Å². The second kappa shape index (κ2) is 5.10. The van der Waals surface area contributed by atoms with Gasteiger partial charge in [-0.05, 0) is 12.1 Å². The van der Waals surface area contributed by atoms with Crippen molar-refractivity contribution in [2.45, 2.75) is 0 Å². The summed E-state index contributed by atoms with van der Waals surface area (Å²) in [7, 11) is 0. The number of hydrogen-bond acceptors (Lipinski definition) is 2. The lowest BCUT2D eigenvalue weighted by atomic mass is 10.3. The van der Waals surface area contributed by atoms with Crippen molar-refractivity contribution in [2.24, 2.45) is 0 Å². The molecule has 0 aromatic heterocycles. The van der Waals surface area contributed by atoms with Crippen LogP contribution in [0.1, 0.15) is 0 Å². The Bertz CT molecular complexity index is 206. The van der Waals surface area contributed by atoms with Crippen molar-refractivity contribution < 1.29 is 15.0 Å². The average Bonchev–Trinajstić information content (AvgIpc) is 1.87. The molecule has 0 unspecified atom stereocenters. The zero-order valence-electron chi connectivity index (χ0n) is 5.77. The number of nitrogen functional groups attached to an aromatic ring is 1. The Balaban J connectivity index is 0.000000218. The van der Waals surface area contributed by atoms with E-state index in [0.29, 0.717) is 0 Å². The molecule has 0 saturated heterocycles. The Morgan fingerprint density at radius 1 is 1.18 bits per heavy atom. The third-order valence-corrected chi connectivity index (χ3v) is 0.800. The van der Waals surface area contributed by atoms with Gasteiger partial charge in [-0.3, -0.25) is 0 Å². The number of nitrogens with two attached hydrogens (primary N) is 1. The first-order valence-electron chi connectivity index (χ1n) is 2.85. The van der Waals surface area contributed by atoms with E-state index in [1.807, 2.05) is 30.3 Å². The van der Waals surface area contributed by atoms with Gasteiger partial charge in [0.2, 0.25) is 0 Å². The van der Waals surface area contributed by atoms with Gasteiger partial charge in [-0.25, -0.2) is 4.79 Å². The van der Waals surface area contributed by atoms with E-state index in [1.165, 1.54) is 0 Å². The summed E-state index contributed by atoms with van der Waals surface area (Å²) in [6.45, 7) is 0. The number of para-hydroxylation sites is 1. The topological polar surface area (TPSA) is 83.6 Å². The highest BCUT2D eigenvalue weighted by Gasteiger charge is 1.72. The summed E-state index contributed by atoms with van der Waals surface area (Å²) in [5.74, 6) is 0. The number of carboxylic acid groups (broad SMARTS) is 2. The molecule has 0 bridgehead atoms. The highest BCUT2D eigenvalue weighted by molar-refractivity contribution is 5.53. The van der Waals surface area contributed by atoms with Crippen LogP contribution < -0.4 is 5.73 Å². The normalized spacial score (nSPS) is 7.64. The molecule has 4 heteroatoms. The highest BCUT2D eigenvalue weighted by atomic mass is 16.6. The predicted molar refractivity (Wildman–Crippen MR) is 41.5 cm³/mol. The molecule has 0 spiro atoms. The minimum Gasteiger partial charge on any atom is -0.450 e. The third kappa shape index (κ3) is 8.29. The molecular weight excluding hydrogens is 146 g/mol. The zero-order valence-corrected chi connectivity index (χ0v) is 5.77. The fourth-order valence-electron chi connectivity index (χ4n) is 0.453. The summed E-state index contributed by atoms with van der Waals surface area (Å²) in [6, 6.07) is 9.49. The molecule has 0 heterocycles. The number of rotatable bonds is 0. The van der Waals surface area contributed by atoms with Gasteiger partial charge in [0.1, 0.15) is 0 Å². The van der Waals surface area contributed by atoms with Crippen LogP contribution in [0.4, 0.5) is 10.5 Å². The van der Waals surface area contributed by atoms with E-state index in [9.17, 15) is 0 Å².